The minimum atomic E-state index is -0.545. The van der Waals surface area contributed by atoms with Gasteiger partial charge in [0.25, 0.3) is 0 Å². The number of pyridine rings is 1. The van der Waals surface area contributed by atoms with Gasteiger partial charge in [0.1, 0.15) is 11.6 Å². The Bertz CT molecular complexity index is 574. The van der Waals surface area contributed by atoms with Crippen LogP contribution in [-0.4, -0.2) is 16.5 Å². The smallest absolute Gasteiger partial charge is 0.174 e. The van der Waals surface area contributed by atoms with Gasteiger partial charge in [0, 0.05) is 16.7 Å². The molecule has 0 aliphatic carbocycles. The molecule has 1 aromatic carbocycles. The fraction of sp³-hybridized carbons (Fsp3) is 0.0769. The molecule has 0 radical (unpaired) electrons. The number of rotatable bonds is 4. The number of halogens is 2. The molecule has 0 saturated heterocycles. The minimum absolute atomic E-state index is 0.120. The van der Waals surface area contributed by atoms with Gasteiger partial charge in [-0.15, -0.1) is 11.8 Å². The van der Waals surface area contributed by atoms with Crippen molar-refractivity contribution in [2.75, 3.05) is 5.75 Å². The second-order valence-electron chi connectivity index (χ2n) is 3.56. The van der Waals surface area contributed by atoms with Crippen molar-refractivity contribution in [3.63, 3.8) is 0 Å². The first kappa shape index (κ1) is 12.7. The lowest BCUT2D eigenvalue weighted by Crippen LogP contribution is -2.03. The van der Waals surface area contributed by atoms with E-state index in [1.54, 1.807) is 12.1 Å². The largest absolute Gasteiger partial charge is 0.293 e. The van der Waals surface area contributed by atoms with E-state index in [9.17, 15) is 13.6 Å². The van der Waals surface area contributed by atoms with Gasteiger partial charge < -0.3 is 0 Å². The molecule has 0 N–H and O–H groups in total. The van der Waals surface area contributed by atoms with Crippen LogP contribution in [0.4, 0.5) is 8.78 Å². The Balaban J connectivity index is 2.00. The third-order valence-electron chi connectivity index (χ3n) is 2.19. The molecule has 0 saturated carbocycles. The molecule has 1 heterocycles. The number of nitrogens with zero attached hydrogens (tertiary/aromatic N) is 1. The van der Waals surface area contributed by atoms with Crippen LogP contribution in [0.25, 0.3) is 0 Å². The van der Waals surface area contributed by atoms with Crippen molar-refractivity contribution in [3.8, 4) is 0 Å². The van der Waals surface area contributed by atoms with Gasteiger partial charge in [0.15, 0.2) is 5.78 Å². The van der Waals surface area contributed by atoms with Crippen molar-refractivity contribution in [1.82, 2.24) is 4.98 Å². The SMILES string of the molecule is O=C(CSc1cccc(F)c1)c1cncc(F)c1. The molecule has 0 spiro atoms. The van der Waals surface area contributed by atoms with Crippen LogP contribution in [0.15, 0.2) is 47.6 Å². The van der Waals surface area contributed by atoms with Crippen LogP contribution in [-0.2, 0) is 0 Å². The fourth-order valence-electron chi connectivity index (χ4n) is 1.35. The van der Waals surface area contributed by atoms with E-state index in [1.165, 1.54) is 30.1 Å². The Morgan fingerprint density at radius 2 is 2.00 bits per heavy atom. The summed E-state index contributed by atoms with van der Waals surface area (Å²) >= 11 is 1.20. The Hall–Kier alpha value is -1.75. The number of benzene rings is 1. The van der Waals surface area contributed by atoms with E-state index in [0.29, 0.717) is 4.90 Å². The van der Waals surface area contributed by atoms with Gasteiger partial charge in [-0.2, -0.15) is 0 Å². The summed E-state index contributed by atoms with van der Waals surface area (Å²) in [6.45, 7) is 0. The Kier molecular flexibility index (Phi) is 4.04. The molecular formula is C13H9F2NOS. The summed E-state index contributed by atoms with van der Waals surface area (Å²) in [5.41, 5.74) is 0.221. The first-order chi connectivity index (χ1) is 8.65. The number of carbonyl (C=O) groups is 1. The minimum Gasteiger partial charge on any atom is -0.293 e. The maximum Gasteiger partial charge on any atom is 0.174 e. The van der Waals surface area contributed by atoms with E-state index in [-0.39, 0.29) is 22.9 Å². The third-order valence-corrected chi connectivity index (χ3v) is 3.19. The van der Waals surface area contributed by atoms with Crippen LogP contribution < -0.4 is 0 Å². The highest BCUT2D eigenvalue weighted by atomic mass is 32.2. The first-order valence-corrected chi connectivity index (χ1v) is 6.16. The molecule has 18 heavy (non-hydrogen) atoms. The highest BCUT2D eigenvalue weighted by molar-refractivity contribution is 8.00. The molecule has 0 bridgehead atoms. The second kappa shape index (κ2) is 5.73. The van der Waals surface area contributed by atoms with Crippen LogP contribution in [0.3, 0.4) is 0 Å². The van der Waals surface area contributed by atoms with Crippen molar-refractivity contribution >= 4 is 17.5 Å². The Morgan fingerprint density at radius 1 is 1.17 bits per heavy atom. The second-order valence-corrected chi connectivity index (χ2v) is 4.61. The number of carbonyl (C=O) groups excluding carboxylic acids is 1. The lowest BCUT2D eigenvalue weighted by molar-refractivity contribution is 0.102. The molecule has 0 unspecified atom stereocenters. The summed E-state index contributed by atoms with van der Waals surface area (Å²) < 4.78 is 25.8. The van der Waals surface area contributed by atoms with Crippen LogP contribution in [0, 0.1) is 11.6 Å². The normalized spacial score (nSPS) is 10.3. The number of aromatic nitrogens is 1. The van der Waals surface area contributed by atoms with Gasteiger partial charge in [-0.05, 0) is 24.3 Å². The van der Waals surface area contributed by atoms with Crippen LogP contribution in [0.1, 0.15) is 10.4 Å². The molecule has 0 fully saturated rings. The molecule has 2 rings (SSSR count). The van der Waals surface area contributed by atoms with Crippen LogP contribution >= 0.6 is 11.8 Å². The third kappa shape index (κ3) is 3.37. The van der Waals surface area contributed by atoms with Crippen molar-refractivity contribution < 1.29 is 13.6 Å². The summed E-state index contributed by atoms with van der Waals surface area (Å²) in [6, 6.07) is 7.11. The van der Waals surface area contributed by atoms with Crippen LogP contribution in [0.5, 0.6) is 0 Å². The number of thioether (sulfide) groups is 1. The lowest BCUT2D eigenvalue weighted by atomic mass is 10.2. The average Bonchev–Trinajstić information content (AvgIpc) is 2.36. The number of hydrogen-bond acceptors (Lipinski definition) is 3. The van der Waals surface area contributed by atoms with Gasteiger partial charge in [0.05, 0.1) is 11.9 Å². The summed E-state index contributed by atoms with van der Waals surface area (Å²) in [7, 11) is 0. The fourth-order valence-corrected chi connectivity index (χ4v) is 2.19. The van der Waals surface area contributed by atoms with Gasteiger partial charge in [0.2, 0.25) is 0 Å². The molecule has 92 valence electrons. The maximum absolute atomic E-state index is 12.9. The monoisotopic (exact) mass is 265 g/mol. The first-order valence-electron chi connectivity index (χ1n) is 5.17. The van der Waals surface area contributed by atoms with E-state index in [4.69, 9.17) is 0 Å². The summed E-state index contributed by atoms with van der Waals surface area (Å²) in [5.74, 6) is -1.01. The molecule has 0 amide bonds. The quantitative estimate of drug-likeness (QED) is 0.627. The zero-order valence-corrected chi connectivity index (χ0v) is 10.1. The predicted molar refractivity (Wildman–Crippen MR) is 65.6 cm³/mol. The number of hydrogen-bond donors (Lipinski definition) is 0. The molecule has 1 aromatic heterocycles. The molecule has 0 aliphatic heterocycles. The van der Waals surface area contributed by atoms with Crippen LogP contribution in [0.2, 0.25) is 0 Å². The van der Waals surface area contributed by atoms with Crippen molar-refractivity contribution in [2.45, 2.75) is 4.90 Å². The zero-order chi connectivity index (χ0) is 13.0. The molecular weight excluding hydrogens is 256 g/mol. The average molecular weight is 265 g/mol. The molecule has 0 aliphatic rings. The highest BCUT2D eigenvalue weighted by Gasteiger charge is 2.08. The van der Waals surface area contributed by atoms with Gasteiger partial charge in [-0.25, -0.2) is 8.78 Å². The lowest BCUT2D eigenvalue weighted by Gasteiger charge is -2.01. The predicted octanol–water partition coefficient (Wildman–Crippen LogP) is 3.33. The summed E-state index contributed by atoms with van der Waals surface area (Å²) in [6.07, 6.45) is 2.36. The number of ketones is 1. The molecule has 2 aromatic rings. The van der Waals surface area contributed by atoms with E-state index in [2.05, 4.69) is 4.98 Å². The molecule has 5 heteroatoms. The van der Waals surface area contributed by atoms with E-state index >= 15 is 0 Å². The Morgan fingerprint density at radius 3 is 2.72 bits per heavy atom. The van der Waals surface area contributed by atoms with E-state index < -0.39 is 5.82 Å². The van der Waals surface area contributed by atoms with Crippen molar-refractivity contribution in [2.24, 2.45) is 0 Å². The maximum atomic E-state index is 12.9. The van der Waals surface area contributed by atoms with E-state index in [1.807, 2.05) is 0 Å². The van der Waals surface area contributed by atoms with Crippen molar-refractivity contribution in [3.05, 3.63) is 59.9 Å². The number of Topliss-reactive ketones (excluding diaryl/α,β-unsaturated/α-hetero) is 1. The molecule has 2 nitrogen and oxygen atoms in total. The highest BCUT2D eigenvalue weighted by Crippen LogP contribution is 2.19. The van der Waals surface area contributed by atoms with Gasteiger partial charge in [-0.1, -0.05) is 6.07 Å². The summed E-state index contributed by atoms with van der Waals surface area (Å²) in [5, 5.41) is 0. The topological polar surface area (TPSA) is 30.0 Å². The summed E-state index contributed by atoms with van der Waals surface area (Å²) in [4.78, 5) is 16.0. The van der Waals surface area contributed by atoms with Crippen molar-refractivity contribution in [1.29, 1.82) is 0 Å². The zero-order valence-electron chi connectivity index (χ0n) is 9.27. The molecule has 0 atom stereocenters. The van der Waals surface area contributed by atoms with Gasteiger partial charge in [-0.3, -0.25) is 9.78 Å². The Labute approximate surface area is 107 Å². The van der Waals surface area contributed by atoms with E-state index in [0.717, 1.165) is 12.3 Å². The van der Waals surface area contributed by atoms with Gasteiger partial charge >= 0.3 is 0 Å². The standard InChI is InChI=1S/C13H9F2NOS/c14-10-2-1-3-12(5-10)18-8-13(17)9-4-11(15)7-16-6-9/h1-7H,8H2.